The van der Waals surface area contributed by atoms with Crippen LogP contribution in [0.3, 0.4) is 0 Å². The molecule has 6 heteroatoms. The fourth-order valence-electron chi connectivity index (χ4n) is 3.10. The number of nitrogens with one attached hydrogen (secondary N) is 1. The predicted molar refractivity (Wildman–Crippen MR) is 112 cm³/mol. The van der Waals surface area contributed by atoms with Gasteiger partial charge in [-0.2, -0.15) is 0 Å². The van der Waals surface area contributed by atoms with Crippen molar-refractivity contribution >= 4 is 34.7 Å². The Kier molecular flexibility index (Phi) is 5.82. The topological polar surface area (TPSA) is 41.6 Å². The lowest BCUT2D eigenvalue weighted by molar-refractivity contribution is -0.114. The molecule has 0 bridgehead atoms. The van der Waals surface area contributed by atoms with Gasteiger partial charge in [0.1, 0.15) is 12.4 Å². The zero-order valence-corrected chi connectivity index (χ0v) is 17.0. The van der Waals surface area contributed by atoms with Gasteiger partial charge in [0.05, 0.1) is 6.04 Å². The van der Waals surface area contributed by atoms with E-state index in [0.29, 0.717) is 28.1 Å². The lowest BCUT2D eigenvalue weighted by atomic mass is 9.92. The molecule has 4 nitrogen and oxygen atoms in total. The van der Waals surface area contributed by atoms with Crippen molar-refractivity contribution in [3.8, 4) is 5.75 Å². The monoisotopic (exact) mass is 400 g/mol. The van der Waals surface area contributed by atoms with E-state index in [2.05, 4.69) is 5.32 Å². The third-order valence-electron chi connectivity index (χ3n) is 4.68. The van der Waals surface area contributed by atoms with E-state index in [0.717, 1.165) is 16.8 Å². The number of rotatable bonds is 5. The van der Waals surface area contributed by atoms with E-state index >= 15 is 0 Å². The molecule has 1 unspecified atom stereocenters. The van der Waals surface area contributed by atoms with Gasteiger partial charge in [0, 0.05) is 28.9 Å². The molecule has 140 valence electrons. The van der Waals surface area contributed by atoms with E-state index in [1.54, 1.807) is 6.92 Å². The van der Waals surface area contributed by atoms with E-state index in [4.69, 9.17) is 28.6 Å². The van der Waals surface area contributed by atoms with Crippen LogP contribution in [-0.2, 0) is 11.4 Å². The molecule has 0 radical (unpaired) electrons. The Hall–Kier alpha value is -2.37. The Bertz CT molecular complexity index is 926. The standard InChI is InChI=1S/C21H21ClN2O2S/c1-13-19(14(2)25)20(23-21(27)24(13)3)15-8-6-9-17(11-15)26-12-16-7-4-5-10-18(16)22/h4-11,20H,12H2,1-3H3,(H,23,27). The van der Waals surface area contributed by atoms with Gasteiger partial charge in [0.25, 0.3) is 0 Å². The molecule has 0 fully saturated rings. The molecule has 1 N–H and O–H groups in total. The van der Waals surface area contributed by atoms with E-state index in [1.165, 1.54) is 0 Å². The summed E-state index contributed by atoms with van der Waals surface area (Å²) in [6.45, 7) is 3.86. The summed E-state index contributed by atoms with van der Waals surface area (Å²) < 4.78 is 5.92. The van der Waals surface area contributed by atoms with Crippen molar-refractivity contribution in [2.24, 2.45) is 0 Å². The summed E-state index contributed by atoms with van der Waals surface area (Å²) in [4.78, 5) is 14.1. The molecule has 0 aliphatic carbocycles. The van der Waals surface area contributed by atoms with Crippen molar-refractivity contribution in [1.82, 2.24) is 10.2 Å². The molecule has 2 aromatic rings. The molecule has 0 aromatic heterocycles. The van der Waals surface area contributed by atoms with E-state index in [9.17, 15) is 4.79 Å². The van der Waals surface area contributed by atoms with Crippen LogP contribution in [-0.4, -0.2) is 22.8 Å². The number of ketones is 1. The number of ether oxygens (including phenoxy) is 1. The highest BCUT2D eigenvalue weighted by atomic mass is 35.5. The van der Waals surface area contributed by atoms with Gasteiger partial charge < -0.3 is 15.0 Å². The summed E-state index contributed by atoms with van der Waals surface area (Å²) in [5.74, 6) is 0.723. The number of halogens is 1. The van der Waals surface area contributed by atoms with Crippen molar-refractivity contribution in [1.29, 1.82) is 0 Å². The van der Waals surface area contributed by atoms with Gasteiger partial charge in [0.2, 0.25) is 0 Å². The first-order chi connectivity index (χ1) is 12.9. The van der Waals surface area contributed by atoms with Gasteiger partial charge in [-0.25, -0.2) is 0 Å². The van der Waals surface area contributed by atoms with Crippen molar-refractivity contribution in [3.05, 3.63) is 76.0 Å². The molecule has 1 aliphatic rings. The Morgan fingerprint density at radius 1 is 1.26 bits per heavy atom. The normalized spacial score (nSPS) is 17.0. The van der Waals surface area contributed by atoms with Gasteiger partial charge in [-0.15, -0.1) is 0 Å². The molecule has 0 spiro atoms. The number of hydrogen-bond donors (Lipinski definition) is 1. The SMILES string of the molecule is CC(=O)C1=C(C)N(C)C(=S)NC1c1cccc(OCc2ccccc2Cl)c1. The Balaban J connectivity index is 1.87. The first-order valence-electron chi connectivity index (χ1n) is 8.60. The number of carbonyl (C=O) groups is 1. The molecule has 0 saturated carbocycles. The maximum Gasteiger partial charge on any atom is 0.173 e. The molecule has 1 aliphatic heterocycles. The first-order valence-corrected chi connectivity index (χ1v) is 9.39. The highest BCUT2D eigenvalue weighted by Gasteiger charge is 2.30. The van der Waals surface area contributed by atoms with Crippen molar-refractivity contribution in [2.45, 2.75) is 26.5 Å². The molecule has 27 heavy (non-hydrogen) atoms. The maximum absolute atomic E-state index is 12.3. The van der Waals surface area contributed by atoms with Crippen molar-refractivity contribution in [2.75, 3.05) is 7.05 Å². The largest absolute Gasteiger partial charge is 0.489 e. The first kappa shape index (κ1) is 19.4. The van der Waals surface area contributed by atoms with Crippen LogP contribution in [0.25, 0.3) is 0 Å². The summed E-state index contributed by atoms with van der Waals surface area (Å²) in [5, 5.41) is 4.52. The molecule has 0 amide bonds. The van der Waals surface area contributed by atoms with Gasteiger partial charge >= 0.3 is 0 Å². The Morgan fingerprint density at radius 2 is 2.00 bits per heavy atom. The third-order valence-corrected chi connectivity index (χ3v) is 5.44. The van der Waals surface area contributed by atoms with Crippen LogP contribution in [0.15, 0.2) is 59.8 Å². The van der Waals surface area contributed by atoms with Crippen LogP contribution in [0.5, 0.6) is 5.75 Å². The third kappa shape index (κ3) is 4.15. The predicted octanol–water partition coefficient (Wildman–Crippen LogP) is 4.64. The van der Waals surface area contributed by atoms with E-state index in [-0.39, 0.29) is 11.8 Å². The van der Waals surface area contributed by atoms with Crippen LogP contribution in [0.4, 0.5) is 0 Å². The smallest absolute Gasteiger partial charge is 0.173 e. The summed E-state index contributed by atoms with van der Waals surface area (Å²) in [6, 6.07) is 15.0. The van der Waals surface area contributed by atoms with Crippen LogP contribution in [0.2, 0.25) is 5.02 Å². The van der Waals surface area contributed by atoms with E-state index < -0.39 is 0 Å². The number of carbonyl (C=O) groups excluding carboxylic acids is 1. The lowest BCUT2D eigenvalue weighted by Crippen LogP contribution is -2.45. The number of hydrogen-bond acceptors (Lipinski definition) is 3. The molecule has 1 atom stereocenters. The summed E-state index contributed by atoms with van der Waals surface area (Å²) in [5.41, 5.74) is 3.41. The van der Waals surface area contributed by atoms with Crippen LogP contribution >= 0.6 is 23.8 Å². The summed E-state index contributed by atoms with van der Waals surface area (Å²) in [7, 11) is 1.85. The molecular formula is C21H21ClN2O2S. The maximum atomic E-state index is 12.3. The number of nitrogens with zero attached hydrogens (tertiary/aromatic N) is 1. The summed E-state index contributed by atoms with van der Waals surface area (Å²) >= 11 is 11.6. The van der Waals surface area contributed by atoms with Crippen LogP contribution < -0.4 is 10.1 Å². The van der Waals surface area contributed by atoms with Crippen molar-refractivity contribution < 1.29 is 9.53 Å². The van der Waals surface area contributed by atoms with Crippen molar-refractivity contribution in [3.63, 3.8) is 0 Å². The fraction of sp³-hybridized carbons (Fsp3) is 0.238. The Morgan fingerprint density at radius 3 is 2.70 bits per heavy atom. The molecular weight excluding hydrogens is 380 g/mol. The number of thiocarbonyl (C=S) groups is 1. The van der Waals surface area contributed by atoms with E-state index in [1.807, 2.05) is 67.4 Å². The molecule has 0 saturated heterocycles. The van der Waals surface area contributed by atoms with Gasteiger partial charge in [-0.3, -0.25) is 4.79 Å². The Labute approximate surface area is 169 Å². The fourth-order valence-corrected chi connectivity index (χ4v) is 3.55. The second-order valence-electron chi connectivity index (χ2n) is 6.45. The van der Waals surface area contributed by atoms with Gasteiger partial charge in [-0.05, 0) is 49.8 Å². The molecule has 1 heterocycles. The number of allylic oxidation sites excluding steroid dienone is 1. The molecule has 2 aromatic carbocycles. The minimum absolute atomic E-state index is 0.0155. The zero-order chi connectivity index (χ0) is 19.6. The average Bonchev–Trinajstić information content (AvgIpc) is 2.65. The lowest BCUT2D eigenvalue weighted by Gasteiger charge is -2.35. The van der Waals surface area contributed by atoms with Crippen LogP contribution in [0.1, 0.15) is 31.0 Å². The number of benzene rings is 2. The summed E-state index contributed by atoms with van der Waals surface area (Å²) in [6.07, 6.45) is 0. The average molecular weight is 401 g/mol. The van der Waals surface area contributed by atoms with Crippen LogP contribution in [0, 0.1) is 0 Å². The second-order valence-corrected chi connectivity index (χ2v) is 7.24. The molecule has 3 rings (SSSR count). The zero-order valence-electron chi connectivity index (χ0n) is 15.5. The highest BCUT2D eigenvalue weighted by molar-refractivity contribution is 7.80. The van der Waals surface area contributed by atoms with Gasteiger partial charge in [-0.1, -0.05) is 41.9 Å². The number of Topliss-reactive ketones (excluding diaryl/α,β-unsaturated/α-hetero) is 1. The minimum atomic E-state index is -0.296. The second kappa shape index (κ2) is 8.11. The van der Waals surface area contributed by atoms with Gasteiger partial charge in [0.15, 0.2) is 10.9 Å². The highest BCUT2D eigenvalue weighted by Crippen LogP contribution is 2.32. The minimum Gasteiger partial charge on any atom is -0.489 e. The quantitative estimate of drug-likeness (QED) is 0.740.